The fraction of sp³-hybridized carbons (Fsp3) is 0.154. The van der Waals surface area contributed by atoms with Crippen molar-refractivity contribution in [2.24, 2.45) is 0 Å². The second-order valence-electron chi connectivity index (χ2n) is 3.30. The summed E-state index contributed by atoms with van der Waals surface area (Å²) in [6.07, 6.45) is 3.82. The van der Waals surface area contributed by atoms with Crippen molar-refractivity contribution in [2.45, 2.75) is 13.3 Å². The van der Waals surface area contributed by atoms with Crippen molar-refractivity contribution in [1.82, 2.24) is 5.32 Å². The first-order valence-corrected chi connectivity index (χ1v) is 4.85. The number of carbonyl (C=O) groups is 1. The standard InChI is InChI=1S/C13H15NO/c1-3-7-11(2)14-13(15)10-12-8-5-4-6-9-12/h3-9H,1,10H2,2H3,(H,14,15). The highest BCUT2D eigenvalue weighted by atomic mass is 16.1. The third-order valence-electron chi connectivity index (χ3n) is 1.91. The average molecular weight is 201 g/mol. The van der Waals surface area contributed by atoms with Gasteiger partial charge >= 0.3 is 0 Å². The largest absolute Gasteiger partial charge is 0.330 e. The lowest BCUT2D eigenvalue weighted by Gasteiger charge is -2.04. The van der Waals surface area contributed by atoms with E-state index in [1.807, 2.05) is 37.3 Å². The first-order chi connectivity index (χ1) is 7.22. The smallest absolute Gasteiger partial charge is 0.228 e. The van der Waals surface area contributed by atoms with Gasteiger partial charge in [-0.15, -0.1) is 0 Å². The van der Waals surface area contributed by atoms with Crippen molar-refractivity contribution >= 4 is 5.91 Å². The van der Waals surface area contributed by atoms with E-state index in [1.165, 1.54) is 0 Å². The molecule has 0 aromatic heterocycles. The van der Waals surface area contributed by atoms with Gasteiger partial charge in [0.1, 0.15) is 0 Å². The summed E-state index contributed by atoms with van der Waals surface area (Å²) >= 11 is 0. The molecule has 1 aromatic carbocycles. The van der Waals surface area contributed by atoms with Gasteiger partial charge in [0.15, 0.2) is 0 Å². The van der Waals surface area contributed by atoms with E-state index < -0.39 is 0 Å². The van der Waals surface area contributed by atoms with Crippen molar-refractivity contribution in [2.75, 3.05) is 0 Å². The zero-order chi connectivity index (χ0) is 11.1. The van der Waals surface area contributed by atoms with Crippen LogP contribution in [0, 0.1) is 0 Å². The molecular weight excluding hydrogens is 186 g/mol. The Bertz CT molecular complexity index is 365. The number of allylic oxidation sites excluding steroid dienone is 3. The molecule has 1 amide bonds. The molecule has 15 heavy (non-hydrogen) atoms. The number of benzene rings is 1. The monoisotopic (exact) mass is 201 g/mol. The van der Waals surface area contributed by atoms with Gasteiger partial charge < -0.3 is 5.32 Å². The molecule has 78 valence electrons. The van der Waals surface area contributed by atoms with Crippen LogP contribution in [0.15, 0.2) is 54.8 Å². The van der Waals surface area contributed by atoms with Crippen LogP contribution in [0.4, 0.5) is 0 Å². The van der Waals surface area contributed by atoms with Gasteiger partial charge in [-0.2, -0.15) is 0 Å². The number of hydrogen-bond acceptors (Lipinski definition) is 1. The van der Waals surface area contributed by atoms with Gasteiger partial charge in [0, 0.05) is 5.70 Å². The zero-order valence-electron chi connectivity index (χ0n) is 8.86. The lowest BCUT2D eigenvalue weighted by atomic mass is 10.1. The molecule has 2 nitrogen and oxygen atoms in total. The molecule has 0 bridgehead atoms. The second kappa shape index (κ2) is 5.81. The molecule has 1 rings (SSSR count). The Morgan fingerprint density at radius 2 is 2.07 bits per heavy atom. The Balaban J connectivity index is 2.50. The molecule has 1 aromatic rings. The highest BCUT2D eigenvalue weighted by Crippen LogP contribution is 2.00. The van der Waals surface area contributed by atoms with Crippen molar-refractivity contribution in [3.8, 4) is 0 Å². The third-order valence-corrected chi connectivity index (χ3v) is 1.91. The topological polar surface area (TPSA) is 29.1 Å². The van der Waals surface area contributed by atoms with Crippen LogP contribution in [0.2, 0.25) is 0 Å². The molecule has 0 aliphatic rings. The quantitative estimate of drug-likeness (QED) is 0.745. The van der Waals surface area contributed by atoms with Gasteiger partial charge in [-0.05, 0) is 18.6 Å². The Kier molecular flexibility index (Phi) is 4.35. The Labute approximate surface area is 90.3 Å². The van der Waals surface area contributed by atoms with Crippen LogP contribution in [0.25, 0.3) is 0 Å². The molecular formula is C13H15NO. The van der Waals surface area contributed by atoms with Gasteiger partial charge in [-0.25, -0.2) is 0 Å². The summed E-state index contributed by atoms with van der Waals surface area (Å²) in [7, 11) is 0. The number of amides is 1. The first kappa shape index (κ1) is 11.2. The van der Waals surface area contributed by atoms with E-state index in [0.29, 0.717) is 6.42 Å². The predicted molar refractivity (Wildman–Crippen MR) is 62.2 cm³/mol. The summed E-state index contributed by atoms with van der Waals surface area (Å²) in [5.41, 5.74) is 1.83. The SMILES string of the molecule is C=CC=C(C)NC(=O)Cc1ccccc1. The van der Waals surface area contributed by atoms with E-state index in [-0.39, 0.29) is 5.91 Å². The molecule has 0 unspecified atom stereocenters. The van der Waals surface area contributed by atoms with Crippen molar-refractivity contribution in [3.05, 3.63) is 60.3 Å². The Morgan fingerprint density at radius 1 is 1.40 bits per heavy atom. The zero-order valence-corrected chi connectivity index (χ0v) is 8.86. The highest BCUT2D eigenvalue weighted by Gasteiger charge is 2.01. The number of hydrogen-bond donors (Lipinski definition) is 1. The predicted octanol–water partition coefficient (Wildman–Crippen LogP) is 2.44. The maximum Gasteiger partial charge on any atom is 0.228 e. The number of nitrogens with one attached hydrogen (secondary N) is 1. The van der Waals surface area contributed by atoms with E-state index >= 15 is 0 Å². The van der Waals surface area contributed by atoms with Crippen molar-refractivity contribution in [3.63, 3.8) is 0 Å². The van der Waals surface area contributed by atoms with Crippen LogP contribution < -0.4 is 5.32 Å². The Hall–Kier alpha value is -1.83. The van der Waals surface area contributed by atoms with Crippen molar-refractivity contribution < 1.29 is 4.79 Å². The van der Waals surface area contributed by atoms with Gasteiger partial charge in [0.25, 0.3) is 0 Å². The third kappa shape index (κ3) is 4.27. The molecule has 0 radical (unpaired) electrons. The van der Waals surface area contributed by atoms with E-state index in [0.717, 1.165) is 11.3 Å². The summed E-state index contributed by atoms with van der Waals surface area (Å²) in [5.74, 6) is -0.00296. The summed E-state index contributed by atoms with van der Waals surface area (Å²) < 4.78 is 0. The summed E-state index contributed by atoms with van der Waals surface area (Å²) in [6.45, 7) is 5.40. The molecule has 0 atom stereocenters. The molecule has 0 heterocycles. The fourth-order valence-corrected chi connectivity index (χ4v) is 1.26. The van der Waals surface area contributed by atoms with Crippen LogP contribution in [0.5, 0.6) is 0 Å². The molecule has 1 N–H and O–H groups in total. The molecule has 0 saturated carbocycles. The molecule has 0 aliphatic carbocycles. The van der Waals surface area contributed by atoms with Crippen LogP contribution in [-0.2, 0) is 11.2 Å². The van der Waals surface area contributed by atoms with E-state index in [2.05, 4.69) is 11.9 Å². The normalized spacial score (nSPS) is 10.9. The Morgan fingerprint density at radius 3 is 2.67 bits per heavy atom. The molecule has 2 heteroatoms. The van der Waals surface area contributed by atoms with E-state index in [9.17, 15) is 4.79 Å². The van der Waals surface area contributed by atoms with Crippen LogP contribution >= 0.6 is 0 Å². The lowest BCUT2D eigenvalue weighted by Crippen LogP contribution is -2.23. The molecule has 0 saturated heterocycles. The maximum atomic E-state index is 11.5. The highest BCUT2D eigenvalue weighted by molar-refractivity contribution is 5.80. The van der Waals surface area contributed by atoms with Gasteiger partial charge in [0.05, 0.1) is 6.42 Å². The summed E-state index contributed by atoms with van der Waals surface area (Å²) in [5, 5.41) is 2.78. The average Bonchev–Trinajstić information content (AvgIpc) is 2.19. The van der Waals surface area contributed by atoms with Crippen LogP contribution in [-0.4, -0.2) is 5.91 Å². The minimum atomic E-state index is -0.00296. The van der Waals surface area contributed by atoms with E-state index in [4.69, 9.17) is 0 Å². The summed E-state index contributed by atoms with van der Waals surface area (Å²) in [6, 6.07) is 9.66. The van der Waals surface area contributed by atoms with Gasteiger partial charge in [-0.3, -0.25) is 4.79 Å². The number of rotatable bonds is 4. The number of carbonyl (C=O) groups excluding carboxylic acids is 1. The summed E-state index contributed by atoms with van der Waals surface area (Å²) in [4.78, 5) is 11.5. The minimum Gasteiger partial charge on any atom is -0.330 e. The van der Waals surface area contributed by atoms with Crippen LogP contribution in [0.1, 0.15) is 12.5 Å². The molecule has 0 spiro atoms. The first-order valence-electron chi connectivity index (χ1n) is 4.85. The van der Waals surface area contributed by atoms with E-state index in [1.54, 1.807) is 12.2 Å². The van der Waals surface area contributed by atoms with Crippen LogP contribution in [0.3, 0.4) is 0 Å². The lowest BCUT2D eigenvalue weighted by molar-refractivity contribution is -0.119. The molecule has 0 fully saturated rings. The molecule has 0 aliphatic heterocycles. The maximum absolute atomic E-state index is 11.5. The van der Waals surface area contributed by atoms with Gasteiger partial charge in [0.2, 0.25) is 5.91 Å². The second-order valence-corrected chi connectivity index (χ2v) is 3.30. The van der Waals surface area contributed by atoms with Gasteiger partial charge in [-0.1, -0.05) is 43.0 Å². The fourth-order valence-electron chi connectivity index (χ4n) is 1.26. The van der Waals surface area contributed by atoms with Crippen molar-refractivity contribution in [1.29, 1.82) is 0 Å². The minimum absolute atomic E-state index is 0.00296.